The van der Waals surface area contributed by atoms with Crippen molar-refractivity contribution in [2.45, 2.75) is 55.7 Å². The highest BCUT2D eigenvalue weighted by atomic mass is 35.5. The Labute approximate surface area is 135 Å². The molecule has 0 bridgehead atoms. The van der Waals surface area contributed by atoms with Gasteiger partial charge in [0.15, 0.2) is 0 Å². The molecule has 1 N–H and O–H groups in total. The SMILES string of the molecule is CCC1CCC(C#N)(NS(=O)(=O)c2cc(C)c(Cl)s2)CC1. The van der Waals surface area contributed by atoms with Crippen LogP contribution in [0, 0.1) is 24.2 Å². The van der Waals surface area contributed by atoms with Crippen molar-refractivity contribution in [2.75, 3.05) is 0 Å². The van der Waals surface area contributed by atoms with Gasteiger partial charge >= 0.3 is 0 Å². The number of thiophene rings is 1. The molecule has 0 aliphatic heterocycles. The summed E-state index contributed by atoms with van der Waals surface area (Å²) < 4.78 is 28.2. The molecule has 1 aliphatic rings. The summed E-state index contributed by atoms with van der Waals surface area (Å²) in [7, 11) is -3.69. The maximum atomic E-state index is 12.5. The average Bonchev–Trinajstić information content (AvgIpc) is 2.80. The molecule has 0 amide bonds. The molecule has 0 radical (unpaired) electrons. The number of hydrogen-bond acceptors (Lipinski definition) is 4. The largest absolute Gasteiger partial charge is 0.251 e. The van der Waals surface area contributed by atoms with Gasteiger partial charge in [-0.2, -0.15) is 9.98 Å². The number of hydrogen-bond donors (Lipinski definition) is 1. The summed E-state index contributed by atoms with van der Waals surface area (Å²) in [4.78, 5) is 0. The van der Waals surface area contributed by atoms with Crippen LogP contribution in [-0.2, 0) is 10.0 Å². The number of nitrogens with one attached hydrogen (secondary N) is 1. The predicted molar refractivity (Wildman–Crippen MR) is 85.0 cm³/mol. The lowest BCUT2D eigenvalue weighted by Gasteiger charge is -2.34. The van der Waals surface area contributed by atoms with Crippen LogP contribution in [0.15, 0.2) is 10.3 Å². The fourth-order valence-corrected chi connectivity index (χ4v) is 5.77. The van der Waals surface area contributed by atoms with Gasteiger partial charge in [-0.3, -0.25) is 0 Å². The van der Waals surface area contributed by atoms with Gasteiger partial charge in [0.2, 0.25) is 0 Å². The predicted octanol–water partition coefficient (Wildman–Crippen LogP) is 3.85. The molecule has 0 spiro atoms. The number of nitrogens with zero attached hydrogens (tertiary/aromatic N) is 1. The monoisotopic (exact) mass is 346 g/mol. The van der Waals surface area contributed by atoms with Crippen LogP contribution in [0.3, 0.4) is 0 Å². The van der Waals surface area contributed by atoms with Gasteiger partial charge in [-0.1, -0.05) is 24.9 Å². The average molecular weight is 347 g/mol. The van der Waals surface area contributed by atoms with E-state index in [4.69, 9.17) is 11.6 Å². The molecule has 2 rings (SSSR count). The highest BCUT2D eigenvalue weighted by Crippen LogP contribution is 2.36. The normalized spacial score (nSPS) is 26.5. The summed E-state index contributed by atoms with van der Waals surface area (Å²) in [5.74, 6) is 0.592. The third kappa shape index (κ3) is 3.59. The van der Waals surface area contributed by atoms with E-state index in [1.54, 1.807) is 13.0 Å². The zero-order valence-corrected chi connectivity index (χ0v) is 14.5. The molecule has 1 aliphatic carbocycles. The van der Waals surface area contributed by atoms with Crippen LogP contribution in [0.5, 0.6) is 0 Å². The summed E-state index contributed by atoms with van der Waals surface area (Å²) in [6, 6.07) is 3.74. The van der Waals surface area contributed by atoms with Crippen molar-refractivity contribution in [3.8, 4) is 6.07 Å². The summed E-state index contributed by atoms with van der Waals surface area (Å²) in [5, 5.41) is 9.47. The first-order valence-electron chi connectivity index (χ1n) is 7.03. The smallest absolute Gasteiger partial charge is 0.206 e. The van der Waals surface area contributed by atoms with E-state index in [2.05, 4.69) is 17.7 Å². The first-order valence-corrected chi connectivity index (χ1v) is 9.71. The molecule has 7 heteroatoms. The minimum atomic E-state index is -3.69. The highest BCUT2D eigenvalue weighted by molar-refractivity contribution is 7.91. The Bertz CT molecular complexity index is 634. The molecule has 0 atom stereocenters. The molecule has 0 aromatic carbocycles. The van der Waals surface area contributed by atoms with E-state index in [9.17, 15) is 13.7 Å². The lowest BCUT2D eigenvalue weighted by atomic mass is 9.77. The van der Waals surface area contributed by atoms with Gasteiger partial charge in [-0.25, -0.2) is 8.42 Å². The standard InChI is InChI=1S/C14H19ClN2O2S2/c1-3-11-4-6-14(9-16,7-5-11)17-21(18,19)12-8-10(2)13(15)20-12/h8,11,17H,3-7H2,1-2H3. The van der Waals surface area contributed by atoms with Crippen LogP contribution in [0.1, 0.15) is 44.6 Å². The first kappa shape index (κ1) is 16.8. The molecule has 1 aromatic heterocycles. The molecular weight excluding hydrogens is 328 g/mol. The lowest BCUT2D eigenvalue weighted by Crippen LogP contribution is -2.49. The van der Waals surface area contributed by atoms with Gasteiger partial charge in [-0.15, -0.1) is 11.3 Å². The first-order chi connectivity index (χ1) is 9.82. The van der Waals surface area contributed by atoms with Gasteiger partial charge < -0.3 is 0 Å². The number of aryl methyl sites for hydroxylation is 1. The summed E-state index contributed by atoms with van der Waals surface area (Å²) >= 11 is 6.98. The minimum Gasteiger partial charge on any atom is -0.206 e. The molecule has 21 heavy (non-hydrogen) atoms. The van der Waals surface area contributed by atoms with Crippen LogP contribution in [0.4, 0.5) is 0 Å². The topological polar surface area (TPSA) is 70.0 Å². The van der Waals surface area contributed by atoms with E-state index in [1.165, 1.54) is 0 Å². The quantitative estimate of drug-likeness (QED) is 0.900. The number of halogens is 1. The van der Waals surface area contributed by atoms with E-state index < -0.39 is 15.6 Å². The minimum absolute atomic E-state index is 0.178. The van der Waals surface area contributed by atoms with Crippen molar-refractivity contribution >= 4 is 33.0 Å². The number of sulfonamides is 1. The van der Waals surface area contributed by atoms with Crippen LogP contribution in [0.25, 0.3) is 0 Å². The Balaban J connectivity index is 2.20. The van der Waals surface area contributed by atoms with E-state index in [0.29, 0.717) is 23.1 Å². The van der Waals surface area contributed by atoms with Crippen LogP contribution >= 0.6 is 22.9 Å². The third-order valence-electron chi connectivity index (χ3n) is 4.18. The molecule has 4 nitrogen and oxygen atoms in total. The fourth-order valence-electron chi connectivity index (χ4n) is 2.69. The van der Waals surface area contributed by atoms with Crippen molar-refractivity contribution in [3.05, 3.63) is 16.0 Å². The molecule has 1 heterocycles. The Morgan fingerprint density at radius 1 is 1.52 bits per heavy atom. The summed E-state index contributed by atoms with van der Waals surface area (Å²) in [6.07, 6.45) is 3.99. The van der Waals surface area contributed by atoms with Crippen molar-refractivity contribution < 1.29 is 8.42 Å². The molecule has 1 fully saturated rings. The lowest BCUT2D eigenvalue weighted by molar-refractivity contribution is 0.259. The molecule has 116 valence electrons. The summed E-state index contributed by atoms with van der Waals surface area (Å²) in [6.45, 7) is 3.90. The fraction of sp³-hybridized carbons (Fsp3) is 0.643. The molecule has 1 aromatic rings. The number of rotatable bonds is 4. The van der Waals surface area contributed by atoms with Gasteiger partial charge in [0.05, 0.1) is 10.4 Å². The zero-order valence-electron chi connectivity index (χ0n) is 12.1. The van der Waals surface area contributed by atoms with Crippen molar-refractivity contribution in [3.63, 3.8) is 0 Å². The molecule has 1 saturated carbocycles. The molecule has 0 unspecified atom stereocenters. The second-order valence-electron chi connectivity index (χ2n) is 5.67. The summed E-state index contributed by atoms with van der Waals surface area (Å²) in [5.41, 5.74) is -0.239. The van der Waals surface area contributed by atoms with Gasteiger partial charge in [0.1, 0.15) is 9.75 Å². The highest BCUT2D eigenvalue weighted by Gasteiger charge is 2.39. The van der Waals surface area contributed by atoms with Crippen LogP contribution < -0.4 is 4.72 Å². The maximum Gasteiger partial charge on any atom is 0.251 e. The van der Waals surface area contributed by atoms with Crippen LogP contribution in [0.2, 0.25) is 4.34 Å². The van der Waals surface area contributed by atoms with Gasteiger partial charge in [0, 0.05) is 0 Å². The third-order valence-corrected chi connectivity index (χ3v) is 7.74. The Morgan fingerprint density at radius 2 is 2.14 bits per heavy atom. The zero-order chi connectivity index (χ0) is 15.7. The molecule has 0 saturated heterocycles. The van der Waals surface area contributed by atoms with Crippen molar-refractivity contribution in [1.29, 1.82) is 5.26 Å². The Hall–Kier alpha value is -0.610. The van der Waals surface area contributed by atoms with E-state index >= 15 is 0 Å². The van der Waals surface area contributed by atoms with Crippen LogP contribution in [-0.4, -0.2) is 14.0 Å². The maximum absolute atomic E-state index is 12.5. The van der Waals surface area contributed by atoms with Gasteiger partial charge in [-0.05, 0) is 50.2 Å². The van der Waals surface area contributed by atoms with Crippen molar-refractivity contribution in [1.82, 2.24) is 4.72 Å². The van der Waals surface area contributed by atoms with Gasteiger partial charge in [0.25, 0.3) is 10.0 Å². The van der Waals surface area contributed by atoms with E-state index in [1.807, 2.05) is 0 Å². The van der Waals surface area contributed by atoms with E-state index in [0.717, 1.165) is 36.2 Å². The van der Waals surface area contributed by atoms with Crippen molar-refractivity contribution in [2.24, 2.45) is 5.92 Å². The second-order valence-corrected chi connectivity index (χ2v) is 9.24. The number of nitriles is 1. The second kappa shape index (κ2) is 6.25. The van der Waals surface area contributed by atoms with E-state index in [-0.39, 0.29) is 4.21 Å². The molecular formula is C14H19ClN2O2S2. The Kier molecular flexibility index (Phi) is 4.99. The Morgan fingerprint density at radius 3 is 2.57 bits per heavy atom.